The molecule has 0 rings (SSSR count). The van der Waals surface area contributed by atoms with Crippen molar-refractivity contribution in [3.63, 3.8) is 0 Å². The molecule has 0 heterocycles. The van der Waals surface area contributed by atoms with Gasteiger partial charge in [0.05, 0.1) is 39.6 Å². The summed E-state index contributed by atoms with van der Waals surface area (Å²) in [6.07, 6.45) is 0. The average Bonchev–Trinajstić information content (AvgIpc) is 2.64. The molecule has 178 valence electrons. The van der Waals surface area contributed by atoms with Crippen molar-refractivity contribution in [3.8, 4) is 0 Å². The van der Waals surface area contributed by atoms with E-state index in [2.05, 4.69) is 0 Å². The second kappa shape index (κ2) is 15.0. The Morgan fingerprint density at radius 3 is 1.37 bits per heavy atom. The van der Waals surface area contributed by atoms with E-state index in [9.17, 15) is 14.2 Å². The minimum Gasteiger partial charge on any atom is -0.378 e. The lowest BCUT2D eigenvalue weighted by Gasteiger charge is -2.17. The maximum absolute atomic E-state index is 12.3. The molecule has 0 radical (unpaired) electrons. The Morgan fingerprint density at radius 1 is 0.700 bits per heavy atom. The van der Waals surface area contributed by atoms with Crippen molar-refractivity contribution in [2.45, 2.75) is 41.5 Å². The maximum Gasteiger partial charge on any atom is 0.474 e. The van der Waals surface area contributed by atoms with Gasteiger partial charge >= 0.3 is 7.82 Å². The molecule has 0 spiro atoms. The number of hydrogen-bond donors (Lipinski definition) is 0. The highest BCUT2D eigenvalue weighted by Gasteiger charge is 2.25. The van der Waals surface area contributed by atoms with Gasteiger partial charge in [-0.1, -0.05) is 65.1 Å². The zero-order valence-corrected chi connectivity index (χ0v) is 21.7. The van der Waals surface area contributed by atoms with Gasteiger partial charge in [0, 0.05) is 29.4 Å². The topological polar surface area (TPSA) is 97.4 Å². The molecule has 0 aromatic rings. The summed E-state index contributed by atoms with van der Waals surface area (Å²) in [6, 6.07) is 0. The van der Waals surface area contributed by atoms with E-state index in [-0.39, 0.29) is 47.5 Å². The van der Waals surface area contributed by atoms with Crippen LogP contribution in [0.1, 0.15) is 41.5 Å². The first-order valence-electron chi connectivity index (χ1n) is 9.76. The largest absolute Gasteiger partial charge is 0.474 e. The van der Waals surface area contributed by atoms with Crippen LogP contribution >= 0.6 is 31.3 Å². The summed E-state index contributed by atoms with van der Waals surface area (Å²) in [5.74, 6) is 1.09. The summed E-state index contributed by atoms with van der Waals surface area (Å²) in [5.41, 5.74) is -0.745. The summed E-state index contributed by atoms with van der Waals surface area (Å²) in [7, 11) is -2.42. The summed E-state index contributed by atoms with van der Waals surface area (Å²) in [6.45, 7) is 12.5. The normalized spacial score (nSPS) is 12.9. The second-order valence-corrected chi connectivity index (χ2v) is 12.2. The summed E-state index contributed by atoms with van der Waals surface area (Å²) >= 11 is 2.46. The number of phosphoric acid groups is 1. The molecule has 0 aliphatic rings. The number of carbonyl (C=O) groups excluding carboxylic acids is 2. The van der Waals surface area contributed by atoms with Gasteiger partial charge in [0.1, 0.15) is 0 Å². The highest BCUT2D eigenvalue weighted by molar-refractivity contribution is 8.14. The van der Waals surface area contributed by atoms with Crippen LogP contribution in [0.4, 0.5) is 0 Å². The SMILES string of the molecule is COP(=O)(OCCOCCSC(=O)C(C)(C)C)OCCOCCSC(=O)C(C)(C)C. The zero-order chi connectivity index (χ0) is 23.3. The molecule has 0 atom stereocenters. The first-order chi connectivity index (χ1) is 13.8. The number of phosphoric ester groups is 1. The number of thioether (sulfide) groups is 2. The van der Waals surface area contributed by atoms with Crippen LogP contribution < -0.4 is 0 Å². The summed E-state index contributed by atoms with van der Waals surface area (Å²) in [4.78, 5) is 23.5. The molecule has 8 nitrogen and oxygen atoms in total. The highest BCUT2D eigenvalue weighted by atomic mass is 32.2. The molecule has 11 heteroatoms. The zero-order valence-electron chi connectivity index (χ0n) is 19.2. The quantitative estimate of drug-likeness (QED) is 0.243. The molecule has 0 unspecified atom stereocenters. The van der Waals surface area contributed by atoms with E-state index in [1.807, 2.05) is 41.5 Å². The van der Waals surface area contributed by atoms with Gasteiger partial charge in [-0.2, -0.15) is 0 Å². The Bertz CT molecular complexity index is 514. The van der Waals surface area contributed by atoms with Crippen molar-refractivity contribution in [2.24, 2.45) is 10.8 Å². The molecule has 0 amide bonds. The van der Waals surface area contributed by atoms with Gasteiger partial charge < -0.3 is 9.47 Å². The van der Waals surface area contributed by atoms with E-state index < -0.39 is 7.82 Å². The van der Waals surface area contributed by atoms with Crippen LogP contribution in [-0.4, -0.2) is 68.5 Å². The molecule has 0 fully saturated rings. The van der Waals surface area contributed by atoms with E-state index in [0.29, 0.717) is 24.7 Å². The van der Waals surface area contributed by atoms with Gasteiger partial charge in [-0.25, -0.2) is 4.57 Å². The van der Waals surface area contributed by atoms with Crippen LogP contribution in [0.3, 0.4) is 0 Å². The smallest absolute Gasteiger partial charge is 0.378 e. The Balaban J connectivity index is 3.80. The molecule has 0 aliphatic carbocycles. The number of ether oxygens (including phenoxy) is 2. The Labute approximate surface area is 189 Å². The predicted molar refractivity (Wildman–Crippen MR) is 122 cm³/mol. The third kappa shape index (κ3) is 15.0. The van der Waals surface area contributed by atoms with Gasteiger partial charge in [-0.3, -0.25) is 23.2 Å². The van der Waals surface area contributed by atoms with Crippen LogP contribution in [-0.2, 0) is 37.2 Å². The fourth-order valence-electron chi connectivity index (χ4n) is 1.58. The van der Waals surface area contributed by atoms with Gasteiger partial charge in [0.2, 0.25) is 0 Å². The van der Waals surface area contributed by atoms with Gasteiger partial charge in [0.15, 0.2) is 10.2 Å². The standard InChI is InChI=1S/C19H37O8PS2/c1-18(2,3)16(20)29-14-12-24-8-10-26-28(22,23-7)27-11-9-25-13-15-30-17(21)19(4,5)6/h8-15H2,1-7H3. The first-order valence-corrected chi connectivity index (χ1v) is 13.2. The minimum atomic E-state index is -3.67. The fraction of sp³-hybridized carbons (Fsp3) is 0.895. The van der Waals surface area contributed by atoms with Gasteiger partial charge in [0.25, 0.3) is 0 Å². The fourth-order valence-corrected chi connectivity index (χ4v) is 4.10. The molecular formula is C19H37O8PS2. The number of hydrogen-bond acceptors (Lipinski definition) is 10. The van der Waals surface area contributed by atoms with E-state index in [1.165, 1.54) is 30.6 Å². The first kappa shape index (κ1) is 30.1. The van der Waals surface area contributed by atoms with Crippen molar-refractivity contribution in [1.82, 2.24) is 0 Å². The molecule has 0 saturated carbocycles. The maximum atomic E-state index is 12.3. The van der Waals surface area contributed by atoms with Gasteiger partial charge in [-0.15, -0.1) is 0 Å². The van der Waals surface area contributed by atoms with Crippen LogP contribution in [0.2, 0.25) is 0 Å². The van der Waals surface area contributed by atoms with Crippen molar-refractivity contribution >= 4 is 41.6 Å². The monoisotopic (exact) mass is 488 g/mol. The number of rotatable bonds is 15. The lowest BCUT2D eigenvalue weighted by Crippen LogP contribution is -2.18. The Morgan fingerprint density at radius 2 is 1.07 bits per heavy atom. The Hall–Kier alpha value is 0.0700. The molecule has 0 aliphatic heterocycles. The molecule has 0 aromatic carbocycles. The lowest BCUT2D eigenvalue weighted by atomic mass is 9.99. The lowest BCUT2D eigenvalue weighted by molar-refractivity contribution is -0.118. The number of carbonyl (C=O) groups is 2. The van der Waals surface area contributed by atoms with Crippen molar-refractivity contribution in [2.75, 3.05) is 58.3 Å². The molecule has 30 heavy (non-hydrogen) atoms. The molecule has 0 N–H and O–H groups in total. The van der Waals surface area contributed by atoms with E-state index >= 15 is 0 Å². The predicted octanol–water partition coefficient (Wildman–Crippen LogP) is 4.42. The minimum absolute atomic E-state index is 0.0371. The molecular weight excluding hydrogens is 451 g/mol. The average molecular weight is 489 g/mol. The van der Waals surface area contributed by atoms with Crippen LogP contribution in [0.25, 0.3) is 0 Å². The van der Waals surface area contributed by atoms with E-state index in [1.54, 1.807) is 0 Å². The Kier molecular flexibility index (Phi) is 15.0. The van der Waals surface area contributed by atoms with E-state index in [0.717, 1.165) is 0 Å². The summed E-state index contributed by atoms with van der Waals surface area (Å²) in [5, 5.41) is 0.225. The highest BCUT2D eigenvalue weighted by Crippen LogP contribution is 2.48. The van der Waals surface area contributed by atoms with Crippen LogP contribution in [0.5, 0.6) is 0 Å². The third-order valence-electron chi connectivity index (χ3n) is 3.32. The van der Waals surface area contributed by atoms with Crippen molar-refractivity contribution in [1.29, 1.82) is 0 Å². The molecule has 0 saturated heterocycles. The second-order valence-electron chi connectivity index (χ2n) is 8.29. The summed E-state index contributed by atoms with van der Waals surface area (Å²) < 4.78 is 38.2. The van der Waals surface area contributed by atoms with Crippen LogP contribution in [0, 0.1) is 10.8 Å². The van der Waals surface area contributed by atoms with E-state index in [4.69, 9.17) is 23.0 Å². The van der Waals surface area contributed by atoms with Crippen molar-refractivity contribution < 1.29 is 37.2 Å². The van der Waals surface area contributed by atoms with Crippen molar-refractivity contribution in [3.05, 3.63) is 0 Å². The van der Waals surface area contributed by atoms with Gasteiger partial charge in [-0.05, 0) is 0 Å². The molecule has 0 aromatic heterocycles. The van der Waals surface area contributed by atoms with Crippen LogP contribution in [0.15, 0.2) is 0 Å². The third-order valence-corrected chi connectivity index (χ3v) is 7.26. The molecule has 0 bridgehead atoms.